The lowest BCUT2D eigenvalue weighted by Crippen LogP contribution is -2.53. The number of benzene rings is 1. The lowest BCUT2D eigenvalue weighted by atomic mass is 9.99. The largest absolute Gasteiger partial charge is 0.381 e. The van der Waals surface area contributed by atoms with Gasteiger partial charge in [-0.25, -0.2) is 17.2 Å². The number of halogens is 2. The predicted octanol–water partition coefficient (Wildman–Crippen LogP) is 2.15. The number of rotatable bonds is 4. The maximum Gasteiger partial charge on any atom is 0.245 e. The van der Waals surface area contributed by atoms with Gasteiger partial charge < -0.3 is 9.64 Å². The van der Waals surface area contributed by atoms with E-state index in [2.05, 4.69) is 0 Å². The molecular formula is C18H24F2N2O4S. The van der Waals surface area contributed by atoms with E-state index in [4.69, 9.17) is 4.74 Å². The van der Waals surface area contributed by atoms with Crippen molar-refractivity contribution in [3.05, 3.63) is 29.8 Å². The van der Waals surface area contributed by atoms with Crippen molar-refractivity contribution in [3.8, 4) is 0 Å². The van der Waals surface area contributed by atoms with Gasteiger partial charge in [-0.05, 0) is 37.8 Å². The summed E-state index contributed by atoms with van der Waals surface area (Å²) in [5, 5.41) is 0. The molecule has 2 saturated heterocycles. The van der Waals surface area contributed by atoms with Crippen molar-refractivity contribution < 1.29 is 26.7 Å². The third kappa shape index (κ3) is 4.30. The van der Waals surface area contributed by atoms with Crippen LogP contribution in [0.4, 0.5) is 8.78 Å². The number of carbonyl (C=O) groups is 1. The average molecular weight is 402 g/mol. The van der Waals surface area contributed by atoms with Gasteiger partial charge in [0.05, 0.1) is 0 Å². The summed E-state index contributed by atoms with van der Waals surface area (Å²) >= 11 is 0. The third-order valence-corrected chi connectivity index (χ3v) is 7.21. The molecule has 27 heavy (non-hydrogen) atoms. The zero-order valence-electron chi connectivity index (χ0n) is 15.2. The maximum atomic E-state index is 13.9. The maximum absolute atomic E-state index is 13.9. The minimum absolute atomic E-state index is 0.0206. The SMILES string of the molecule is CC(=O)N(C1CCOCC1)C1CCN(S(=O)(=O)c2ccc(F)cc2F)CC1. The fraction of sp³-hybridized carbons (Fsp3) is 0.611. The summed E-state index contributed by atoms with van der Waals surface area (Å²) in [6, 6.07) is 2.53. The summed E-state index contributed by atoms with van der Waals surface area (Å²) in [4.78, 5) is 13.5. The van der Waals surface area contributed by atoms with Crippen LogP contribution in [0, 0.1) is 11.6 Å². The molecule has 1 amide bonds. The van der Waals surface area contributed by atoms with E-state index < -0.39 is 26.6 Å². The Bertz CT molecular complexity index is 789. The molecule has 2 aliphatic heterocycles. The number of ether oxygens (including phenoxy) is 1. The van der Waals surface area contributed by atoms with Crippen LogP contribution in [0.2, 0.25) is 0 Å². The first-order valence-corrected chi connectivity index (χ1v) is 10.6. The third-order valence-electron chi connectivity index (χ3n) is 5.28. The Labute approximate surface area is 158 Å². The monoisotopic (exact) mass is 402 g/mol. The molecule has 6 nitrogen and oxygen atoms in total. The minimum atomic E-state index is -4.04. The first-order chi connectivity index (χ1) is 12.8. The molecule has 150 valence electrons. The first-order valence-electron chi connectivity index (χ1n) is 9.12. The van der Waals surface area contributed by atoms with E-state index in [0.29, 0.717) is 32.1 Å². The Kier molecular flexibility index (Phi) is 6.12. The van der Waals surface area contributed by atoms with Crippen LogP contribution in [0.3, 0.4) is 0 Å². The Morgan fingerprint density at radius 2 is 1.70 bits per heavy atom. The van der Waals surface area contributed by atoms with Crippen LogP contribution in [-0.4, -0.2) is 61.9 Å². The molecule has 0 aromatic heterocycles. The van der Waals surface area contributed by atoms with E-state index in [1.54, 1.807) is 0 Å². The highest BCUT2D eigenvalue weighted by Crippen LogP contribution is 2.28. The smallest absolute Gasteiger partial charge is 0.245 e. The Balaban J connectivity index is 1.71. The summed E-state index contributed by atoms with van der Waals surface area (Å²) in [6.45, 7) is 3.15. The van der Waals surface area contributed by atoms with Gasteiger partial charge in [0, 0.05) is 51.4 Å². The lowest BCUT2D eigenvalue weighted by Gasteiger charge is -2.43. The normalized spacial score (nSPS) is 20.6. The highest BCUT2D eigenvalue weighted by molar-refractivity contribution is 7.89. The number of nitrogens with zero attached hydrogens (tertiary/aromatic N) is 2. The van der Waals surface area contributed by atoms with Gasteiger partial charge in [0.2, 0.25) is 15.9 Å². The topological polar surface area (TPSA) is 66.9 Å². The molecule has 1 aromatic rings. The van der Waals surface area contributed by atoms with Crippen LogP contribution < -0.4 is 0 Å². The molecule has 0 bridgehead atoms. The van der Waals surface area contributed by atoms with Gasteiger partial charge in [0.25, 0.3) is 0 Å². The van der Waals surface area contributed by atoms with Crippen molar-refractivity contribution in [3.63, 3.8) is 0 Å². The molecule has 0 N–H and O–H groups in total. The number of sulfonamides is 1. The van der Waals surface area contributed by atoms with Crippen LogP contribution in [0.1, 0.15) is 32.6 Å². The van der Waals surface area contributed by atoms with E-state index >= 15 is 0 Å². The standard InChI is InChI=1S/C18H24F2N2O4S/c1-13(23)22(16-6-10-26-11-7-16)15-4-8-21(9-5-15)27(24,25)18-3-2-14(19)12-17(18)20/h2-3,12,15-16H,4-11H2,1H3. The summed E-state index contributed by atoms with van der Waals surface area (Å²) in [5.41, 5.74) is 0. The molecule has 1 aromatic carbocycles. The van der Waals surface area contributed by atoms with Crippen LogP contribution in [0.5, 0.6) is 0 Å². The summed E-state index contributed by atoms with van der Waals surface area (Å²) in [7, 11) is -4.04. The molecule has 0 radical (unpaired) electrons. The molecule has 0 aliphatic carbocycles. The summed E-state index contributed by atoms with van der Waals surface area (Å²) in [5.74, 6) is -1.93. The van der Waals surface area contributed by atoms with Crippen LogP contribution in [0.25, 0.3) is 0 Å². The first kappa shape index (κ1) is 20.2. The van der Waals surface area contributed by atoms with Gasteiger partial charge in [0.15, 0.2) is 0 Å². The van der Waals surface area contributed by atoms with Gasteiger partial charge in [-0.3, -0.25) is 4.79 Å². The number of amides is 1. The molecule has 2 heterocycles. The highest BCUT2D eigenvalue weighted by atomic mass is 32.2. The fourth-order valence-corrected chi connectivity index (χ4v) is 5.47. The number of carbonyl (C=O) groups excluding carboxylic acids is 1. The molecule has 9 heteroatoms. The molecule has 0 atom stereocenters. The number of hydrogen-bond acceptors (Lipinski definition) is 4. The quantitative estimate of drug-likeness (QED) is 0.774. The van der Waals surface area contributed by atoms with Crippen molar-refractivity contribution in [2.24, 2.45) is 0 Å². The lowest BCUT2D eigenvalue weighted by molar-refractivity contribution is -0.137. The van der Waals surface area contributed by atoms with Crippen LogP contribution in [0.15, 0.2) is 23.1 Å². The van der Waals surface area contributed by atoms with Crippen molar-refractivity contribution in [2.75, 3.05) is 26.3 Å². The Morgan fingerprint density at radius 3 is 2.26 bits per heavy atom. The Morgan fingerprint density at radius 1 is 1.11 bits per heavy atom. The zero-order valence-corrected chi connectivity index (χ0v) is 16.1. The zero-order chi connectivity index (χ0) is 19.6. The second-order valence-corrected chi connectivity index (χ2v) is 8.89. The van der Waals surface area contributed by atoms with Gasteiger partial charge in [0.1, 0.15) is 16.5 Å². The van der Waals surface area contributed by atoms with Crippen molar-refractivity contribution in [2.45, 2.75) is 49.6 Å². The van der Waals surface area contributed by atoms with E-state index in [9.17, 15) is 22.0 Å². The predicted molar refractivity (Wildman–Crippen MR) is 94.5 cm³/mol. The van der Waals surface area contributed by atoms with Gasteiger partial charge in [-0.2, -0.15) is 4.31 Å². The molecule has 0 spiro atoms. The van der Waals surface area contributed by atoms with E-state index in [1.165, 1.54) is 11.2 Å². The second-order valence-electron chi connectivity index (χ2n) is 6.98. The molecule has 0 saturated carbocycles. The second kappa shape index (κ2) is 8.20. The van der Waals surface area contributed by atoms with Crippen molar-refractivity contribution in [1.82, 2.24) is 9.21 Å². The highest BCUT2D eigenvalue weighted by Gasteiger charge is 2.36. The summed E-state index contributed by atoms with van der Waals surface area (Å²) in [6.07, 6.45) is 2.52. The van der Waals surface area contributed by atoms with E-state index in [-0.39, 0.29) is 31.1 Å². The molecule has 2 fully saturated rings. The molecule has 2 aliphatic rings. The molecule has 0 unspecified atom stereocenters. The fourth-order valence-electron chi connectivity index (χ4n) is 3.96. The van der Waals surface area contributed by atoms with Crippen LogP contribution in [-0.2, 0) is 19.6 Å². The molecular weight excluding hydrogens is 378 g/mol. The van der Waals surface area contributed by atoms with Gasteiger partial charge >= 0.3 is 0 Å². The van der Waals surface area contributed by atoms with E-state index in [0.717, 1.165) is 25.0 Å². The Hall–Kier alpha value is -1.58. The minimum Gasteiger partial charge on any atom is -0.381 e. The van der Waals surface area contributed by atoms with E-state index in [1.807, 2.05) is 4.90 Å². The summed E-state index contributed by atoms with van der Waals surface area (Å²) < 4.78 is 59.0. The van der Waals surface area contributed by atoms with Crippen LogP contribution >= 0.6 is 0 Å². The number of piperidine rings is 1. The number of hydrogen-bond donors (Lipinski definition) is 0. The molecule has 3 rings (SSSR count). The van der Waals surface area contributed by atoms with Gasteiger partial charge in [-0.15, -0.1) is 0 Å². The van der Waals surface area contributed by atoms with Crippen molar-refractivity contribution >= 4 is 15.9 Å². The van der Waals surface area contributed by atoms with Gasteiger partial charge in [-0.1, -0.05) is 0 Å². The van der Waals surface area contributed by atoms with Crippen molar-refractivity contribution in [1.29, 1.82) is 0 Å². The average Bonchev–Trinajstić information content (AvgIpc) is 2.62.